The summed E-state index contributed by atoms with van der Waals surface area (Å²) in [4.78, 5) is 11.9. The van der Waals surface area contributed by atoms with Crippen LogP contribution in [0.3, 0.4) is 0 Å². The number of unbranched alkanes of at least 4 members (excludes halogenated alkanes) is 2. The highest BCUT2D eigenvalue weighted by atomic mass is 35.5. The number of hydrogen-bond acceptors (Lipinski definition) is 1. The summed E-state index contributed by atoms with van der Waals surface area (Å²) >= 11 is 12.0. The van der Waals surface area contributed by atoms with Crippen LogP contribution in [0, 0.1) is 0 Å². The van der Waals surface area contributed by atoms with Crippen LogP contribution in [0.1, 0.15) is 44.1 Å². The van der Waals surface area contributed by atoms with E-state index < -0.39 is 0 Å². The molecule has 0 saturated heterocycles. The van der Waals surface area contributed by atoms with Crippen molar-refractivity contribution in [3.8, 4) is 0 Å². The van der Waals surface area contributed by atoms with Gasteiger partial charge >= 0.3 is 0 Å². The highest BCUT2D eigenvalue weighted by molar-refractivity contribution is 6.37. The molecule has 4 heteroatoms. The summed E-state index contributed by atoms with van der Waals surface area (Å²) in [6.45, 7) is 2.15. The van der Waals surface area contributed by atoms with Gasteiger partial charge in [-0.15, -0.1) is 0 Å². The summed E-state index contributed by atoms with van der Waals surface area (Å²) in [7, 11) is 0. The van der Waals surface area contributed by atoms with Gasteiger partial charge in [0.2, 0.25) is 5.91 Å². The molecule has 1 aromatic rings. The Morgan fingerprint density at radius 3 is 2.76 bits per heavy atom. The molecule has 2 rings (SSSR count). The number of halogens is 2. The summed E-state index contributed by atoms with van der Waals surface area (Å²) in [6, 6.07) is 3.51. The van der Waals surface area contributed by atoms with Crippen LogP contribution in [-0.4, -0.2) is 5.91 Å². The summed E-state index contributed by atoms with van der Waals surface area (Å²) in [5.74, 6) is -0.0481. The number of anilines is 1. The molecule has 92 valence electrons. The fraction of sp³-hybridized carbons (Fsp3) is 0.462. The number of hydrogen-bond donors (Lipinski definition) is 1. The van der Waals surface area contributed by atoms with Crippen LogP contribution in [0.15, 0.2) is 12.1 Å². The van der Waals surface area contributed by atoms with Gasteiger partial charge in [0.05, 0.1) is 16.6 Å². The van der Waals surface area contributed by atoms with Gasteiger partial charge in [0.1, 0.15) is 0 Å². The standard InChI is InChI=1S/C13H15Cl2NO/c1-2-3-4-5-9-10-6-8(14)7-11(15)12(10)16-13(9)17/h6-7,9H,2-5H2,1H3,(H,16,17). The molecular formula is C13H15Cl2NO. The molecular weight excluding hydrogens is 257 g/mol. The lowest BCUT2D eigenvalue weighted by molar-refractivity contribution is -0.117. The SMILES string of the molecule is CCCCCC1C(=O)Nc2c(Cl)cc(Cl)cc21. The van der Waals surface area contributed by atoms with E-state index in [1.54, 1.807) is 6.07 Å². The first-order valence-electron chi connectivity index (χ1n) is 5.93. The van der Waals surface area contributed by atoms with Crippen molar-refractivity contribution >= 4 is 34.8 Å². The van der Waals surface area contributed by atoms with Gasteiger partial charge < -0.3 is 5.32 Å². The van der Waals surface area contributed by atoms with Crippen molar-refractivity contribution in [3.05, 3.63) is 27.7 Å². The molecule has 0 aliphatic carbocycles. The van der Waals surface area contributed by atoms with Gasteiger partial charge in [0.25, 0.3) is 0 Å². The Kier molecular flexibility index (Phi) is 3.95. The number of amides is 1. The van der Waals surface area contributed by atoms with E-state index in [9.17, 15) is 4.79 Å². The van der Waals surface area contributed by atoms with Crippen LogP contribution in [0.25, 0.3) is 0 Å². The quantitative estimate of drug-likeness (QED) is 0.797. The van der Waals surface area contributed by atoms with Crippen LogP contribution in [0.4, 0.5) is 5.69 Å². The Hall–Kier alpha value is -0.730. The van der Waals surface area contributed by atoms with Gasteiger partial charge in [-0.25, -0.2) is 0 Å². The van der Waals surface area contributed by atoms with Crippen LogP contribution < -0.4 is 5.32 Å². The minimum atomic E-state index is -0.0900. The first kappa shape index (κ1) is 12.7. The number of fused-ring (bicyclic) bond motifs is 1. The van der Waals surface area contributed by atoms with E-state index in [1.165, 1.54) is 0 Å². The lowest BCUT2D eigenvalue weighted by Crippen LogP contribution is -2.11. The Balaban J connectivity index is 2.23. The monoisotopic (exact) mass is 271 g/mol. The van der Waals surface area contributed by atoms with Crippen molar-refractivity contribution in [1.29, 1.82) is 0 Å². The molecule has 1 amide bonds. The van der Waals surface area contributed by atoms with Crippen LogP contribution in [0.5, 0.6) is 0 Å². The maximum absolute atomic E-state index is 11.9. The summed E-state index contributed by atoms with van der Waals surface area (Å²) in [5, 5.41) is 3.96. The molecule has 0 saturated carbocycles. The molecule has 0 aromatic heterocycles. The van der Waals surface area contributed by atoms with E-state index in [-0.39, 0.29) is 11.8 Å². The highest BCUT2D eigenvalue weighted by Crippen LogP contribution is 2.41. The van der Waals surface area contributed by atoms with Crippen LogP contribution in [0.2, 0.25) is 10.0 Å². The lowest BCUT2D eigenvalue weighted by Gasteiger charge is -2.08. The number of carbonyl (C=O) groups is 1. The van der Waals surface area contributed by atoms with E-state index in [0.717, 1.165) is 36.9 Å². The first-order valence-corrected chi connectivity index (χ1v) is 6.69. The predicted molar refractivity (Wildman–Crippen MR) is 72.0 cm³/mol. The number of nitrogens with one attached hydrogen (secondary N) is 1. The predicted octanol–water partition coefficient (Wildman–Crippen LogP) is 4.61. The summed E-state index contributed by atoms with van der Waals surface area (Å²) in [6.07, 6.45) is 4.21. The third-order valence-corrected chi connectivity index (χ3v) is 3.64. The van der Waals surface area contributed by atoms with E-state index >= 15 is 0 Å². The molecule has 0 bridgehead atoms. The number of rotatable bonds is 4. The molecule has 1 aliphatic rings. The van der Waals surface area contributed by atoms with Crippen molar-refractivity contribution in [2.75, 3.05) is 5.32 Å². The fourth-order valence-corrected chi connectivity index (χ4v) is 2.79. The Bertz CT molecular complexity index is 445. The van der Waals surface area contributed by atoms with Crippen LogP contribution in [-0.2, 0) is 4.79 Å². The zero-order valence-corrected chi connectivity index (χ0v) is 11.2. The van der Waals surface area contributed by atoms with Crippen molar-refractivity contribution in [2.45, 2.75) is 38.5 Å². The van der Waals surface area contributed by atoms with Gasteiger partial charge in [-0.1, -0.05) is 49.4 Å². The zero-order chi connectivity index (χ0) is 12.4. The Morgan fingerprint density at radius 2 is 2.06 bits per heavy atom. The molecule has 0 spiro atoms. The summed E-state index contributed by atoms with van der Waals surface area (Å²) < 4.78 is 0. The number of carbonyl (C=O) groups excluding carboxylic acids is 1. The molecule has 1 unspecified atom stereocenters. The van der Waals surface area contributed by atoms with Gasteiger partial charge in [0.15, 0.2) is 0 Å². The van der Waals surface area contributed by atoms with Gasteiger partial charge in [-0.05, 0) is 24.1 Å². The van der Waals surface area contributed by atoms with E-state index in [4.69, 9.17) is 23.2 Å². The van der Waals surface area contributed by atoms with Crippen molar-refractivity contribution < 1.29 is 4.79 Å². The molecule has 0 fully saturated rings. The lowest BCUT2D eigenvalue weighted by atomic mass is 9.94. The minimum Gasteiger partial charge on any atom is -0.324 e. The molecule has 17 heavy (non-hydrogen) atoms. The fourth-order valence-electron chi connectivity index (χ4n) is 2.24. The third kappa shape index (κ3) is 2.58. The van der Waals surface area contributed by atoms with Gasteiger partial charge in [-0.3, -0.25) is 4.79 Å². The van der Waals surface area contributed by atoms with E-state index in [1.807, 2.05) is 6.07 Å². The van der Waals surface area contributed by atoms with Crippen molar-refractivity contribution in [2.24, 2.45) is 0 Å². The third-order valence-electron chi connectivity index (χ3n) is 3.12. The number of benzene rings is 1. The molecule has 2 nitrogen and oxygen atoms in total. The largest absolute Gasteiger partial charge is 0.324 e. The van der Waals surface area contributed by atoms with Crippen molar-refractivity contribution in [1.82, 2.24) is 0 Å². The van der Waals surface area contributed by atoms with Gasteiger partial charge in [0, 0.05) is 5.02 Å². The average molecular weight is 272 g/mol. The minimum absolute atomic E-state index is 0.0419. The molecule has 0 radical (unpaired) electrons. The normalized spacial score (nSPS) is 18.1. The Labute approximate surface area is 111 Å². The maximum Gasteiger partial charge on any atom is 0.232 e. The topological polar surface area (TPSA) is 29.1 Å². The molecule has 1 aromatic carbocycles. The van der Waals surface area contributed by atoms with Gasteiger partial charge in [-0.2, -0.15) is 0 Å². The highest BCUT2D eigenvalue weighted by Gasteiger charge is 2.31. The molecule has 1 heterocycles. The molecule has 1 atom stereocenters. The maximum atomic E-state index is 11.9. The first-order chi connectivity index (χ1) is 8.13. The van der Waals surface area contributed by atoms with E-state index in [0.29, 0.717) is 10.0 Å². The Morgan fingerprint density at radius 1 is 1.29 bits per heavy atom. The second-order valence-electron chi connectivity index (χ2n) is 4.39. The second-order valence-corrected chi connectivity index (χ2v) is 5.23. The second kappa shape index (κ2) is 5.28. The molecule has 1 aliphatic heterocycles. The zero-order valence-electron chi connectivity index (χ0n) is 9.72. The average Bonchev–Trinajstić information content (AvgIpc) is 2.57. The van der Waals surface area contributed by atoms with E-state index in [2.05, 4.69) is 12.2 Å². The van der Waals surface area contributed by atoms with Crippen LogP contribution >= 0.6 is 23.2 Å². The summed E-state index contributed by atoms with van der Waals surface area (Å²) in [5.41, 5.74) is 1.69. The van der Waals surface area contributed by atoms with Crippen molar-refractivity contribution in [3.63, 3.8) is 0 Å². The molecule has 1 N–H and O–H groups in total. The smallest absolute Gasteiger partial charge is 0.232 e.